The second-order valence-electron chi connectivity index (χ2n) is 8.53. The van der Waals surface area contributed by atoms with E-state index in [2.05, 4.69) is 17.6 Å². The molecular weight excluding hydrogens is 368 g/mol. The van der Waals surface area contributed by atoms with Crippen LogP contribution in [0.1, 0.15) is 61.8 Å². The summed E-state index contributed by atoms with van der Waals surface area (Å²) in [4.78, 5) is 5.17. The third kappa shape index (κ3) is 3.83. The number of hydrogen-bond donors (Lipinski definition) is 2. The summed E-state index contributed by atoms with van der Waals surface area (Å²) in [5.74, 6) is 1.05. The molecule has 1 aromatic heterocycles. The molecule has 2 N–H and O–H groups in total. The summed E-state index contributed by atoms with van der Waals surface area (Å²) >= 11 is -2.03. The number of pyridine rings is 1. The lowest BCUT2D eigenvalue weighted by Crippen LogP contribution is -2.25. The lowest BCUT2D eigenvalue weighted by atomic mass is 9.75. The van der Waals surface area contributed by atoms with E-state index in [1.807, 2.05) is 19.2 Å². The standard InChI is InChI=1S/C23H28N2O2S/c1-14(2)3-4-18(12-24)16-7-8-17-9-19-13-25-22(15-5-6-15)11-21(19)23(28(26)27)20(17)10-16/h9,11-13,15-16,18,24H,1,3-8,10H2,2H3,(H,26,27). The first-order chi connectivity index (χ1) is 13.5. The number of aryl methyl sites for hydroxylation is 1. The molecule has 4 nitrogen and oxygen atoms in total. The molecule has 3 unspecified atom stereocenters. The maximum atomic E-state index is 12.4. The Labute approximate surface area is 169 Å². The molecule has 0 bridgehead atoms. The van der Waals surface area contributed by atoms with Crippen LogP contribution in [0.15, 0.2) is 35.4 Å². The lowest BCUT2D eigenvalue weighted by Gasteiger charge is -2.31. The van der Waals surface area contributed by atoms with Gasteiger partial charge in [-0.2, -0.15) is 0 Å². The topological polar surface area (TPSA) is 74.0 Å². The van der Waals surface area contributed by atoms with Crippen LogP contribution in [0.2, 0.25) is 0 Å². The number of fused-ring (bicyclic) bond motifs is 2. The van der Waals surface area contributed by atoms with Crippen LogP contribution in [0, 0.1) is 17.2 Å². The second kappa shape index (κ2) is 7.88. The van der Waals surface area contributed by atoms with Crippen LogP contribution in [0.25, 0.3) is 10.8 Å². The summed E-state index contributed by atoms with van der Waals surface area (Å²) in [7, 11) is 0. The molecule has 5 heteroatoms. The molecule has 0 amide bonds. The highest BCUT2D eigenvalue weighted by atomic mass is 32.2. The van der Waals surface area contributed by atoms with Crippen LogP contribution in [0.5, 0.6) is 0 Å². The quantitative estimate of drug-likeness (QED) is 0.373. The van der Waals surface area contributed by atoms with Gasteiger partial charge in [0.25, 0.3) is 0 Å². The number of benzene rings is 1. The van der Waals surface area contributed by atoms with Gasteiger partial charge in [0.05, 0.1) is 4.90 Å². The van der Waals surface area contributed by atoms with Crippen molar-refractivity contribution in [2.24, 2.45) is 11.8 Å². The Morgan fingerprint density at radius 1 is 1.43 bits per heavy atom. The highest BCUT2D eigenvalue weighted by Gasteiger charge is 2.30. The minimum atomic E-state index is -2.03. The van der Waals surface area contributed by atoms with Crippen LogP contribution < -0.4 is 0 Å². The molecule has 0 spiro atoms. The average molecular weight is 397 g/mol. The number of rotatable bonds is 7. The number of allylic oxidation sites excluding steroid dienone is 1. The van der Waals surface area contributed by atoms with Gasteiger partial charge in [-0.3, -0.25) is 4.98 Å². The average Bonchev–Trinajstić information content (AvgIpc) is 3.51. The van der Waals surface area contributed by atoms with Crippen molar-refractivity contribution in [3.8, 4) is 0 Å². The van der Waals surface area contributed by atoms with E-state index in [1.165, 1.54) is 5.56 Å². The molecule has 0 aliphatic heterocycles. The van der Waals surface area contributed by atoms with Crippen molar-refractivity contribution < 1.29 is 8.76 Å². The fourth-order valence-corrected chi connectivity index (χ4v) is 5.35. The van der Waals surface area contributed by atoms with Crippen molar-refractivity contribution in [3.05, 3.63) is 47.3 Å². The van der Waals surface area contributed by atoms with Gasteiger partial charge in [-0.1, -0.05) is 5.57 Å². The van der Waals surface area contributed by atoms with Gasteiger partial charge in [-0.15, -0.1) is 6.58 Å². The van der Waals surface area contributed by atoms with Gasteiger partial charge < -0.3 is 9.96 Å². The molecular formula is C23H28N2O2S. The predicted molar refractivity (Wildman–Crippen MR) is 115 cm³/mol. The summed E-state index contributed by atoms with van der Waals surface area (Å²) in [6.07, 6.45) is 10.3. The van der Waals surface area contributed by atoms with E-state index in [0.29, 0.717) is 16.7 Å². The van der Waals surface area contributed by atoms with Crippen LogP contribution >= 0.6 is 0 Å². The van der Waals surface area contributed by atoms with E-state index < -0.39 is 11.1 Å². The van der Waals surface area contributed by atoms with E-state index in [9.17, 15) is 8.76 Å². The molecule has 148 valence electrons. The normalized spacial score (nSPS) is 21.1. The molecule has 1 aromatic carbocycles. The Morgan fingerprint density at radius 3 is 2.86 bits per heavy atom. The summed E-state index contributed by atoms with van der Waals surface area (Å²) in [5, 5.41) is 9.75. The Bertz CT molecular complexity index is 965. The fourth-order valence-electron chi connectivity index (χ4n) is 4.56. The van der Waals surface area contributed by atoms with Gasteiger partial charge in [0, 0.05) is 28.6 Å². The number of nitrogens with one attached hydrogen (secondary N) is 1. The highest BCUT2D eigenvalue weighted by molar-refractivity contribution is 7.79. The largest absolute Gasteiger partial charge is 0.313 e. The van der Waals surface area contributed by atoms with E-state index in [-0.39, 0.29) is 5.92 Å². The molecule has 0 saturated heterocycles. The Morgan fingerprint density at radius 2 is 2.21 bits per heavy atom. The molecule has 1 heterocycles. The summed E-state index contributed by atoms with van der Waals surface area (Å²) in [5.41, 5.74) is 4.39. The first-order valence-electron chi connectivity index (χ1n) is 10.2. The highest BCUT2D eigenvalue weighted by Crippen LogP contribution is 2.42. The first kappa shape index (κ1) is 19.5. The van der Waals surface area contributed by atoms with E-state index in [0.717, 1.165) is 72.5 Å². The fraction of sp³-hybridized carbons (Fsp3) is 0.478. The molecule has 2 aliphatic carbocycles. The SMILES string of the molecule is C=C(C)CCC(C=N)C1CCc2cc3cnc(C4CC4)cc3c(S(=O)O)c2C1. The molecule has 3 atom stereocenters. The first-order valence-corrected chi connectivity index (χ1v) is 11.3. The molecule has 0 radical (unpaired) electrons. The third-order valence-electron chi connectivity index (χ3n) is 6.34. The van der Waals surface area contributed by atoms with Crippen molar-refractivity contribution >= 4 is 28.1 Å². The predicted octanol–water partition coefficient (Wildman–Crippen LogP) is 5.42. The van der Waals surface area contributed by atoms with E-state index in [1.54, 1.807) is 6.21 Å². The second-order valence-corrected chi connectivity index (χ2v) is 9.43. The zero-order valence-electron chi connectivity index (χ0n) is 16.4. The maximum absolute atomic E-state index is 12.4. The molecule has 2 aromatic rings. The van der Waals surface area contributed by atoms with Gasteiger partial charge in [-0.25, -0.2) is 4.21 Å². The Hall–Kier alpha value is -1.85. The van der Waals surface area contributed by atoms with Gasteiger partial charge in [0.1, 0.15) is 0 Å². The van der Waals surface area contributed by atoms with Gasteiger partial charge in [-0.05, 0) is 93.2 Å². The van der Waals surface area contributed by atoms with Crippen LogP contribution in [0.4, 0.5) is 0 Å². The minimum Gasteiger partial charge on any atom is -0.313 e. The van der Waals surface area contributed by atoms with Crippen molar-refractivity contribution in [3.63, 3.8) is 0 Å². The third-order valence-corrected chi connectivity index (χ3v) is 7.15. The number of aromatic nitrogens is 1. The monoisotopic (exact) mass is 396 g/mol. The zero-order valence-corrected chi connectivity index (χ0v) is 17.2. The van der Waals surface area contributed by atoms with Crippen molar-refractivity contribution in [1.29, 1.82) is 5.41 Å². The number of nitrogens with zero attached hydrogens (tertiary/aromatic N) is 1. The van der Waals surface area contributed by atoms with Gasteiger partial charge in [0.15, 0.2) is 11.1 Å². The van der Waals surface area contributed by atoms with Crippen LogP contribution in [-0.4, -0.2) is 20.0 Å². The summed E-state index contributed by atoms with van der Waals surface area (Å²) in [6, 6.07) is 4.20. The molecule has 28 heavy (non-hydrogen) atoms. The molecule has 2 aliphatic rings. The van der Waals surface area contributed by atoms with E-state index >= 15 is 0 Å². The van der Waals surface area contributed by atoms with Gasteiger partial charge >= 0.3 is 0 Å². The lowest BCUT2D eigenvalue weighted by molar-refractivity contribution is 0.355. The molecule has 4 rings (SSSR count). The molecule has 1 fully saturated rings. The minimum absolute atomic E-state index is 0.194. The Balaban J connectivity index is 1.73. The van der Waals surface area contributed by atoms with Crippen LogP contribution in [0.3, 0.4) is 0 Å². The van der Waals surface area contributed by atoms with Crippen molar-refractivity contribution in [2.45, 2.75) is 62.7 Å². The van der Waals surface area contributed by atoms with Crippen LogP contribution in [-0.2, 0) is 23.9 Å². The van der Waals surface area contributed by atoms with Gasteiger partial charge in [0.2, 0.25) is 0 Å². The summed E-state index contributed by atoms with van der Waals surface area (Å²) < 4.78 is 22.6. The van der Waals surface area contributed by atoms with E-state index in [4.69, 9.17) is 5.41 Å². The smallest absolute Gasteiger partial charge is 0.187 e. The maximum Gasteiger partial charge on any atom is 0.187 e. The number of hydrogen-bond acceptors (Lipinski definition) is 3. The van der Waals surface area contributed by atoms with Crippen molar-refractivity contribution in [1.82, 2.24) is 4.98 Å². The van der Waals surface area contributed by atoms with Crippen molar-refractivity contribution in [2.75, 3.05) is 0 Å². The Kier molecular flexibility index (Phi) is 5.48. The molecule has 1 saturated carbocycles. The zero-order chi connectivity index (χ0) is 19.8. The summed E-state index contributed by atoms with van der Waals surface area (Å²) in [6.45, 7) is 6.02.